The zero-order chi connectivity index (χ0) is 19.1. The molecule has 0 aliphatic carbocycles. The Bertz CT molecular complexity index is 740. The van der Waals surface area contributed by atoms with Crippen LogP contribution in [0.1, 0.15) is 43.4 Å². The molecular formula is C22H29NO3. The molecule has 1 N–H and O–H groups in total. The highest BCUT2D eigenvalue weighted by Gasteiger charge is 2.15. The second kappa shape index (κ2) is 9.27. The van der Waals surface area contributed by atoms with Crippen molar-refractivity contribution in [3.05, 3.63) is 59.2 Å². The van der Waals surface area contributed by atoms with E-state index < -0.39 is 6.10 Å². The second-order valence-corrected chi connectivity index (χ2v) is 6.86. The molecule has 0 radical (unpaired) electrons. The van der Waals surface area contributed by atoms with Crippen molar-refractivity contribution in [1.82, 2.24) is 5.32 Å². The van der Waals surface area contributed by atoms with Crippen LogP contribution in [0.25, 0.3) is 0 Å². The van der Waals surface area contributed by atoms with Crippen molar-refractivity contribution in [2.45, 2.75) is 46.6 Å². The standard InChI is InChI=1S/C22H29NO3/c1-15(2)19-8-6-7-9-21(19)25-13-12-23-22(24)18(5)26-20-11-10-16(3)14-17(20)4/h6-11,14-15,18H,12-13H2,1-5H3,(H,23,24)/t18-/m1/s1. The van der Waals surface area contributed by atoms with Crippen molar-refractivity contribution >= 4 is 5.91 Å². The number of aryl methyl sites for hydroxylation is 2. The van der Waals surface area contributed by atoms with Gasteiger partial charge in [0, 0.05) is 0 Å². The van der Waals surface area contributed by atoms with E-state index in [1.807, 2.05) is 50.2 Å². The highest BCUT2D eigenvalue weighted by Crippen LogP contribution is 2.25. The number of hydrogen-bond donors (Lipinski definition) is 1. The van der Waals surface area contributed by atoms with E-state index in [0.717, 1.165) is 17.1 Å². The fourth-order valence-electron chi connectivity index (χ4n) is 2.74. The number of nitrogens with one attached hydrogen (secondary N) is 1. The van der Waals surface area contributed by atoms with Gasteiger partial charge >= 0.3 is 0 Å². The van der Waals surface area contributed by atoms with Crippen LogP contribution in [0.3, 0.4) is 0 Å². The number of hydrogen-bond acceptors (Lipinski definition) is 3. The Morgan fingerprint density at radius 3 is 2.46 bits per heavy atom. The Morgan fingerprint density at radius 2 is 1.77 bits per heavy atom. The van der Waals surface area contributed by atoms with Gasteiger partial charge in [0.1, 0.15) is 18.1 Å². The molecule has 0 heterocycles. The van der Waals surface area contributed by atoms with E-state index in [-0.39, 0.29) is 5.91 Å². The summed E-state index contributed by atoms with van der Waals surface area (Å²) in [6.45, 7) is 10.9. The first-order valence-corrected chi connectivity index (χ1v) is 9.12. The average molecular weight is 355 g/mol. The van der Waals surface area contributed by atoms with E-state index >= 15 is 0 Å². The summed E-state index contributed by atoms with van der Waals surface area (Å²) in [5.74, 6) is 1.86. The zero-order valence-corrected chi connectivity index (χ0v) is 16.3. The fourth-order valence-corrected chi connectivity index (χ4v) is 2.74. The molecule has 4 heteroatoms. The van der Waals surface area contributed by atoms with Crippen LogP contribution in [-0.2, 0) is 4.79 Å². The molecule has 0 spiro atoms. The molecule has 0 fully saturated rings. The van der Waals surface area contributed by atoms with Gasteiger partial charge in [-0.15, -0.1) is 0 Å². The van der Waals surface area contributed by atoms with Crippen LogP contribution in [0.2, 0.25) is 0 Å². The lowest BCUT2D eigenvalue weighted by Crippen LogP contribution is -2.38. The topological polar surface area (TPSA) is 47.6 Å². The fraction of sp³-hybridized carbons (Fsp3) is 0.409. The van der Waals surface area contributed by atoms with Crippen LogP contribution in [0.15, 0.2) is 42.5 Å². The zero-order valence-electron chi connectivity index (χ0n) is 16.3. The average Bonchev–Trinajstić information content (AvgIpc) is 2.61. The predicted molar refractivity (Wildman–Crippen MR) is 105 cm³/mol. The minimum atomic E-state index is -0.556. The molecule has 0 aliphatic rings. The molecule has 0 saturated carbocycles. The summed E-state index contributed by atoms with van der Waals surface area (Å²) >= 11 is 0. The Kier molecular flexibility index (Phi) is 7.07. The van der Waals surface area contributed by atoms with Crippen molar-refractivity contribution < 1.29 is 14.3 Å². The van der Waals surface area contributed by atoms with Gasteiger partial charge in [-0.2, -0.15) is 0 Å². The largest absolute Gasteiger partial charge is 0.491 e. The van der Waals surface area contributed by atoms with Crippen LogP contribution in [-0.4, -0.2) is 25.2 Å². The molecule has 2 aromatic carbocycles. The molecular weight excluding hydrogens is 326 g/mol. The van der Waals surface area contributed by atoms with Crippen molar-refractivity contribution in [2.24, 2.45) is 0 Å². The van der Waals surface area contributed by atoms with Crippen molar-refractivity contribution in [3.63, 3.8) is 0 Å². The summed E-state index contributed by atoms with van der Waals surface area (Å²) in [6.07, 6.45) is -0.556. The molecule has 26 heavy (non-hydrogen) atoms. The van der Waals surface area contributed by atoms with Crippen LogP contribution < -0.4 is 14.8 Å². The minimum absolute atomic E-state index is 0.147. The van der Waals surface area contributed by atoms with Crippen molar-refractivity contribution in [2.75, 3.05) is 13.2 Å². The Hall–Kier alpha value is -2.49. The minimum Gasteiger partial charge on any atom is -0.491 e. The van der Waals surface area contributed by atoms with E-state index in [2.05, 4.69) is 25.2 Å². The van der Waals surface area contributed by atoms with Gasteiger partial charge in [-0.05, 0) is 49.9 Å². The first-order valence-electron chi connectivity index (χ1n) is 9.12. The number of amides is 1. The smallest absolute Gasteiger partial charge is 0.260 e. The SMILES string of the molecule is Cc1ccc(O[C@H](C)C(=O)NCCOc2ccccc2C(C)C)c(C)c1. The van der Waals surface area contributed by atoms with Gasteiger partial charge < -0.3 is 14.8 Å². The third-order valence-electron chi connectivity index (χ3n) is 4.20. The summed E-state index contributed by atoms with van der Waals surface area (Å²) in [6, 6.07) is 13.9. The number of benzene rings is 2. The number of ether oxygens (including phenoxy) is 2. The van der Waals surface area contributed by atoms with Crippen LogP contribution in [0, 0.1) is 13.8 Å². The van der Waals surface area contributed by atoms with E-state index in [1.165, 1.54) is 11.1 Å². The van der Waals surface area contributed by atoms with Gasteiger partial charge in [0.25, 0.3) is 5.91 Å². The number of carbonyl (C=O) groups is 1. The normalized spacial score (nSPS) is 11.9. The number of para-hydroxylation sites is 1. The molecule has 1 atom stereocenters. The lowest BCUT2D eigenvalue weighted by Gasteiger charge is -2.17. The number of carbonyl (C=O) groups excluding carboxylic acids is 1. The van der Waals surface area contributed by atoms with Crippen LogP contribution in [0.5, 0.6) is 11.5 Å². The molecule has 2 aromatic rings. The molecule has 0 unspecified atom stereocenters. The lowest BCUT2D eigenvalue weighted by atomic mass is 10.0. The van der Waals surface area contributed by atoms with Gasteiger partial charge in [0.2, 0.25) is 0 Å². The van der Waals surface area contributed by atoms with Crippen LogP contribution >= 0.6 is 0 Å². The summed E-state index contributed by atoms with van der Waals surface area (Å²) < 4.78 is 11.6. The summed E-state index contributed by atoms with van der Waals surface area (Å²) in [5.41, 5.74) is 3.37. The molecule has 0 aliphatic heterocycles. The first kappa shape index (κ1) is 19.8. The molecule has 4 nitrogen and oxygen atoms in total. The Balaban J connectivity index is 1.80. The third-order valence-corrected chi connectivity index (χ3v) is 4.20. The maximum absolute atomic E-state index is 12.2. The molecule has 2 rings (SSSR count). The molecule has 1 amide bonds. The monoisotopic (exact) mass is 355 g/mol. The Labute approximate surface area is 156 Å². The predicted octanol–water partition coefficient (Wildman–Crippen LogP) is 4.39. The first-order chi connectivity index (χ1) is 12.4. The van der Waals surface area contributed by atoms with Gasteiger partial charge in [-0.25, -0.2) is 0 Å². The highest BCUT2D eigenvalue weighted by molar-refractivity contribution is 5.80. The van der Waals surface area contributed by atoms with E-state index in [1.54, 1.807) is 6.92 Å². The second-order valence-electron chi connectivity index (χ2n) is 6.86. The summed E-state index contributed by atoms with van der Waals surface area (Å²) in [5, 5.41) is 2.86. The van der Waals surface area contributed by atoms with E-state index in [0.29, 0.717) is 19.1 Å². The van der Waals surface area contributed by atoms with Gasteiger partial charge in [-0.1, -0.05) is 49.7 Å². The van der Waals surface area contributed by atoms with Crippen molar-refractivity contribution in [3.8, 4) is 11.5 Å². The van der Waals surface area contributed by atoms with Gasteiger partial charge in [0.05, 0.1) is 6.54 Å². The maximum atomic E-state index is 12.2. The highest BCUT2D eigenvalue weighted by atomic mass is 16.5. The van der Waals surface area contributed by atoms with E-state index in [9.17, 15) is 4.79 Å². The van der Waals surface area contributed by atoms with E-state index in [4.69, 9.17) is 9.47 Å². The third kappa shape index (κ3) is 5.51. The molecule has 0 bridgehead atoms. The van der Waals surface area contributed by atoms with Crippen LogP contribution in [0.4, 0.5) is 0 Å². The summed E-state index contributed by atoms with van der Waals surface area (Å²) in [4.78, 5) is 12.2. The summed E-state index contributed by atoms with van der Waals surface area (Å²) in [7, 11) is 0. The van der Waals surface area contributed by atoms with Gasteiger partial charge in [-0.3, -0.25) is 4.79 Å². The van der Waals surface area contributed by atoms with Gasteiger partial charge in [0.15, 0.2) is 6.10 Å². The number of rotatable bonds is 8. The lowest BCUT2D eigenvalue weighted by molar-refractivity contribution is -0.127. The Morgan fingerprint density at radius 1 is 1.04 bits per heavy atom. The molecule has 0 saturated heterocycles. The quantitative estimate of drug-likeness (QED) is 0.715. The molecule has 0 aromatic heterocycles. The maximum Gasteiger partial charge on any atom is 0.260 e. The van der Waals surface area contributed by atoms with Crippen molar-refractivity contribution in [1.29, 1.82) is 0 Å². The molecule has 140 valence electrons.